The Bertz CT molecular complexity index is 1250. The van der Waals surface area contributed by atoms with Crippen LogP contribution in [0.5, 0.6) is 0 Å². The predicted molar refractivity (Wildman–Crippen MR) is 150 cm³/mol. The minimum atomic E-state index is -5.43. The first-order valence-electron chi connectivity index (χ1n) is 15.3. The van der Waals surface area contributed by atoms with Crippen molar-refractivity contribution in [2.75, 3.05) is 0 Å². The summed E-state index contributed by atoms with van der Waals surface area (Å²) in [4.78, 5) is 0. The van der Waals surface area contributed by atoms with Gasteiger partial charge in [-0.2, -0.15) is 26.3 Å². The highest BCUT2D eigenvalue weighted by Crippen LogP contribution is 2.47. The number of nitrogens with one attached hydrogen (secondary N) is 1. The molecule has 2 atom stereocenters. The zero-order valence-electron chi connectivity index (χ0n) is 26.4. The van der Waals surface area contributed by atoms with Crippen LogP contribution in [-0.2, 0) is 0 Å². The molecule has 0 saturated carbocycles. The van der Waals surface area contributed by atoms with Crippen LogP contribution in [0.1, 0.15) is 98.3 Å². The molecule has 1 nitrogen and oxygen atoms in total. The summed E-state index contributed by atoms with van der Waals surface area (Å²) in [6, 6.07) is -5.20. The van der Waals surface area contributed by atoms with E-state index in [2.05, 4.69) is 0 Å². The molecule has 0 aliphatic carbocycles. The fourth-order valence-corrected chi connectivity index (χ4v) is 4.86. The van der Waals surface area contributed by atoms with Crippen LogP contribution >= 0.6 is 0 Å². The van der Waals surface area contributed by atoms with Crippen molar-refractivity contribution in [3.05, 3.63) is 58.7 Å². The fourth-order valence-electron chi connectivity index (χ4n) is 4.86. The first kappa shape index (κ1) is 42.4. The lowest BCUT2D eigenvalue weighted by molar-refractivity contribution is -0.323. The van der Waals surface area contributed by atoms with E-state index in [1.807, 2.05) is 27.7 Å². The molecule has 0 spiro atoms. The summed E-state index contributed by atoms with van der Waals surface area (Å²) in [6.45, 7) is 7.53. The van der Waals surface area contributed by atoms with Crippen molar-refractivity contribution >= 4 is 0 Å². The first-order chi connectivity index (χ1) is 21.7. The Balaban J connectivity index is 0.000000488. The van der Waals surface area contributed by atoms with Gasteiger partial charge in [0.25, 0.3) is 0 Å². The van der Waals surface area contributed by atoms with E-state index >= 15 is 0 Å². The van der Waals surface area contributed by atoms with Crippen molar-refractivity contribution in [2.24, 2.45) is 5.92 Å². The van der Waals surface area contributed by atoms with Crippen LogP contribution < -0.4 is 5.32 Å². The van der Waals surface area contributed by atoms with Crippen molar-refractivity contribution in [1.82, 2.24) is 5.32 Å². The van der Waals surface area contributed by atoms with Gasteiger partial charge in [0.1, 0.15) is 0 Å². The molecule has 0 amide bonds. The summed E-state index contributed by atoms with van der Waals surface area (Å²) in [7, 11) is 0. The van der Waals surface area contributed by atoms with Gasteiger partial charge in [0.15, 0.2) is 40.7 Å². The number of hydrogen-bond donors (Lipinski definition) is 1. The molecular formula is C32H39F14N. The topological polar surface area (TPSA) is 12.0 Å². The summed E-state index contributed by atoms with van der Waals surface area (Å²) in [5, 5.41) is 1.60. The lowest BCUT2D eigenvalue weighted by Crippen LogP contribution is -2.63. The smallest absolute Gasteiger partial charge is 0.250 e. The molecule has 0 aromatic heterocycles. The van der Waals surface area contributed by atoms with E-state index < -0.39 is 88.0 Å². The summed E-state index contributed by atoms with van der Waals surface area (Å²) in [5.41, 5.74) is -2.95. The van der Waals surface area contributed by atoms with E-state index in [1.165, 1.54) is 0 Å². The monoisotopic (exact) mass is 703 g/mol. The molecular weight excluding hydrogens is 664 g/mol. The zero-order valence-corrected chi connectivity index (χ0v) is 26.4. The molecule has 270 valence electrons. The second-order valence-corrected chi connectivity index (χ2v) is 11.4. The maximum atomic E-state index is 14.2. The molecule has 2 unspecified atom stereocenters. The summed E-state index contributed by atoms with van der Waals surface area (Å²) in [6.07, 6.45) is 3.71. The lowest BCUT2D eigenvalue weighted by atomic mass is 9.93. The number of benzene rings is 2. The van der Waals surface area contributed by atoms with E-state index in [0.29, 0.717) is 31.4 Å². The molecule has 47 heavy (non-hydrogen) atoms. The Morgan fingerprint density at radius 3 is 1.64 bits per heavy atom. The summed E-state index contributed by atoms with van der Waals surface area (Å²) in [5.74, 6) is -27.7. The quantitative estimate of drug-likeness (QED) is 0.0569. The van der Waals surface area contributed by atoms with Crippen LogP contribution in [-0.4, -0.2) is 23.9 Å². The van der Waals surface area contributed by atoms with Crippen LogP contribution in [0.15, 0.2) is 12.1 Å². The van der Waals surface area contributed by atoms with Crippen molar-refractivity contribution in [1.29, 1.82) is 0 Å². The van der Waals surface area contributed by atoms with Crippen molar-refractivity contribution in [2.45, 2.75) is 122 Å². The van der Waals surface area contributed by atoms with Gasteiger partial charge in [-0.1, -0.05) is 72.6 Å². The molecule has 2 aromatic rings. The first-order valence-corrected chi connectivity index (χ1v) is 15.3. The molecule has 15 heteroatoms. The van der Waals surface area contributed by atoms with Gasteiger partial charge in [-0.15, -0.1) is 0 Å². The second-order valence-electron chi connectivity index (χ2n) is 11.4. The number of halogens is 14. The standard InChI is InChI=1S/C20H37F6N.C12H2F8/c1-5-8-10-11-14-18(21,22)19(23,24)20(25,26)27-17(13-9-6-2)15-16(4)12-7-3;13-4-2-1-3(6(14)7(4)15)5-8(16)10(18)12(20)11(19)9(5)17/h16-17,27H,5-15H2,1-4H3;1-2H. The van der Waals surface area contributed by atoms with Crippen molar-refractivity contribution in [3.8, 4) is 11.1 Å². The number of rotatable bonds is 17. The predicted octanol–water partition coefficient (Wildman–Crippen LogP) is 12.3. The Morgan fingerprint density at radius 1 is 0.596 bits per heavy atom. The fraction of sp³-hybridized carbons (Fsp3) is 0.625. The zero-order chi connectivity index (χ0) is 36.3. The molecule has 2 rings (SSSR count). The van der Waals surface area contributed by atoms with Crippen LogP contribution in [0, 0.1) is 52.5 Å². The molecule has 0 saturated heterocycles. The Kier molecular flexibility index (Phi) is 16.5. The molecule has 2 aromatic carbocycles. The molecule has 0 fully saturated rings. The largest absolute Gasteiger partial charge is 0.386 e. The average Bonchev–Trinajstić information content (AvgIpc) is 3.00. The van der Waals surface area contributed by atoms with Crippen LogP contribution in [0.3, 0.4) is 0 Å². The van der Waals surface area contributed by atoms with Gasteiger partial charge >= 0.3 is 17.9 Å². The van der Waals surface area contributed by atoms with E-state index in [1.54, 1.807) is 5.32 Å². The highest BCUT2D eigenvalue weighted by atomic mass is 19.3. The Labute approximate surface area is 265 Å². The maximum Gasteiger partial charge on any atom is 0.386 e. The molecule has 0 radical (unpaired) electrons. The average molecular weight is 704 g/mol. The van der Waals surface area contributed by atoms with Crippen LogP contribution in [0.4, 0.5) is 61.5 Å². The molecule has 0 heterocycles. The summed E-state index contributed by atoms with van der Waals surface area (Å²) < 4.78 is 189. The Morgan fingerprint density at radius 2 is 1.13 bits per heavy atom. The van der Waals surface area contributed by atoms with Gasteiger partial charge in [-0.05, 0) is 37.3 Å². The minimum Gasteiger partial charge on any atom is -0.250 e. The van der Waals surface area contributed by atoms with E-state index in [4.69, 9.17) is 0 Å². The van der Waals surface area contributed by atoms with Crippen molar-refractivity contribution < 1.29 is 61.5 Å². The minimum absolute atomic E-state index is 0.0586. The summed E-state index contributed by atoms with van der Waals surface area (Å²) >= 11 is 0. The van der Waals surface area contributed by atoms with Gasteiger partial charge in [0.2, 0.25) is 5.82 Å². The van der Waals surface area contributed by atoms with Gasteiger partial charge < -0.3 is 0 Å². The van der Waals surface area contributed by atoms with Crippen LogP contribution in [0.2, 0.25) is 0 Å². The highest BCUT2D eigenvalue weighted by molar-refractivity contribution is 5.66. The molecule has 1 N–H and O–H groups in total. The van der Waals surface area contributed by atoms with Gasteiger partial charge in [0, 0.05) is 18.0 Å². The third-order valence-corrected chi connectivity index (χ3v) is 7.47. The molecule has 0 aliphatic rings. The lowest BCUT2D eigenvalue weighted by Gasteiger charge is -2.36. The third-order valence-electron chi connectivity index (χ3n) is 7.47. The Hall–Kier alpha value is -2.58. The molecule has 0 aliphatic heterocycles. The van der Waals surface area contributed by atoms with Crippen LogP contribution in [0.25, 0.3) is 11.1 Å². The SMILES string of the molecule is CCCCCCC(F)(F)C(F)(F)C(F)(F)NC(CCCC)CC(C)CCC.Fc1ccc(-c2c(F)c(F)c(F)c(F)c2F)c(F)c1F. The third kappa shape index (κ3) is 10.7. The number of hydrogen-bond acceptors (Lipinski definition) is 1. The highest BCUT2D eigenvalue weighted by Gasteiger charge is 2.71. The van der Waals surface area contributed by atoms with E-state index in [9.17, 15) is 61.5 Å². The van der Waals surface area contributed by atoms with Crippen molar-refractivity contribution in [3.63, 3.8) is 0 Å². The maximum absolute atomic E-state index is 14.2. The van der Waals surface area contributed by atoms with E-state index in [0.717, 1.165) is 25.7 Å². The number of alkyl halides is 6. The second kappa shape index (κ2) is 18.3. The molecule has 0 bridgehead atoms. The van der Waals surface area contributed by atoms with Gasteiger partial charge in [-0.25, -0.2) is 40.4 Å². The van der Waals surface area contributed by atoms with Gasteiger partial charge in [0.05, 0.1) is 5.56 Å². The van der Waals surface area contributed by atoms with E-state index in [-0.39, 0.29) is 25.2 Å². The van der Waals surface area contributed by atoms with Gasteiger partial charge in [-0.3, -0.25) is 0 Å². The normalized spacial score (nSPS) is 13.7. The number of unbranched alkanes of at least 4 members (excludes halogenated alkanes) is 4.